The summed E-state index contributed by atoms with van der Waals surface area (Å²) < 4.78 is 5.36. The van der Waals surface area contributed by atoms with E-state index in [0.717, 1.165) is 12.8 Å². The van der Waals surface area contributed by atoms with Crippen LogP contribution in [0.5, 0.6) is 5.75 Å². The molecule has 0 aliphatic heterocycles. The van der Waals surface area contributed by atoms with Crippen LogP contribution in [0.2, 0.25) is 0 Å². The molecule has 0 amide bonds. The fourth-order valence-electron chi connectivity index (χ4n) is 2.76. The Balaban J connectivity index is 1.95. The Morgan fingerprint density at radius 1 is 1.43 bits per heavy atom. The van der Waals surface area contributed by atoms with Crippen molar-refractivity contribution in [1.29, 1.82) is 0 Å². The van der Waals surface area contributed by atoms with E-state index in [0.29, 0.717) is 18.6 Å². The second kappa shape index (κ2) is 7.17. The first-order chi connectivity index (χ1) is 10.1. The van der Waals surface area contributed by atoms with Gasteiger partial charge in [0.05, 0.1) is 11.0 Å². The average molecular weight is 293 g/mol. The molecule has 0 aromatic heterocycles. The molecule has 0 radical (unpaired) electrons. The van der Waals surface area contributed by atoms with Gasteiger partial charge in [-0.3, -0.25) is 14.9 Å². The van der Waals surface area contributed by atoms with Gasteiger partial charge in [-0.1, -0.05) is 25.7 Å². The van der Waals surface area contributed by atoms with E-state index in [1.54, 1.807) is 0 Å². The lowest BCUT2D eigenvalue weighted by molar-refractivity contribution is -0.385. The number of ether oxygens (including phenoxy) is 1. The highest BCUT2D eigenvalue weighted by molar-refractivity contribution is 5.77. The molecular weight excluding hydrogens is 274 g/mol. The van der Waals surface area contributed by atoms with Crippen LogP contribution in [0.25, 0.3) is 0 Å². The van der Waals surface area contributed by atoms with Gasteiger partial charge in [-0.25, -0.2) is 0 Å². The van der Waals surface area contributed by atoms with Crippen molar-refractivity contribution in [1.82, 2.24) is 0 Å². The van der Waals surface area contributed by atoms with Crippen LogP contribution in [0.4, 0.5) is 5.69 Å². The van der Waals surface area contributed by atoms with E-state index in [1.807, 2.05) is 0 Å². The number of rotatable bonds is 7. The molecule has 0 bridgehead atoms. The quantitative estimate of drug-likeness (QED) is 0.474. The molecule has 0 heterocycles. The van der Waals surface area contributed by atoms with Crippen LogP contribution in [0.15, 0.2) is 18.2 Å². The minimum Gasteiger partial charge on any atom is -0.484 e. The Bertz CT molecular complexity index is 511. The zero-order chi connectivity index (χ0) is 15.2. The van der Waals surface area contributed by atoms with Gasteiger partial charge in [-0.2, -0.15) is 0 Å². The van der Waals surface area contributed by atoms with Crippen LogP contribution in [0.1, 0.15) is 42.5 Å². The molecule has 6 heteroatoms. The number of hydrogen-bond donors (Lipinski definition) is 1. The van der Waals surface area contributed by atoms with E-state index in [1.165, 1.54) is 31.0 Å². The molecule has 6 nitrogen and oxygen atoms in total. The second-order valence-electron chi connectivity index (χ2n) is 5.45. The predicted octanol–water partition coefficient (Wildman–Crippen LogP) is 2.73. The third-order valence-electron chi connectivity index (χ3n) is 3.83. The summed E-state index contributed by atoms with van der Waals surface area (Å²) in [6.45, 7) is 0.0256. The second-order valence-corrected chi connectivity index (χ2v) is 5.45. The summed E-state index contributed by atoms with van der Waals surface area (Å²) in [6, 6.07) is 4.02. The number of benzene rings is 1. The van der Waals surface area contributed by atoms with E-state index in [2.05, 4.69) is 0 Å². The summed E-state index contributed by atoms with van der Waals surface area (Å²) in [5, 5.41) is 20.9. The zero-order valence-electron chi connectivity index (χ0n) is 11.7. The molecule has 1 unspecified atom stereocenters. The lowest BCUT2D eigenvalue weighted by atomic mass is 10.0. The SMILES string of the molecule is O=Cc1ccc(OCC(O)CC2CCCC2)c([N+](=O)[O-])c1. The van der Waals surface area contributed by atoms with Crippen molar-refractivity contribution in [3.05, 3.63) is 33.9 Å². The molecule has 1 aromatic rings. The zero-order valence-corrected chi connectivity index (χ0v) is 11.7. The molecule has 1 atom stereocenters. The number of carbonyl (C=O) groups excluding carboxylic acids is 1. The Kier molecular flexibility index (Phi) is 5.27. The van der Waals surface area contributed by atoms with E-state index >= 15 is 0 Å². The van der Waals surface area contributed by atoms with Crippen molar-refractivity contribution in [2.45, 2.75) is 38.2 Å². The summed E-state index contributed by atoms with van der Waals surface area (Å²) in [6.07, 6.45) is 5.26. The molecule has 2 rings (SSSR count). The molecule has 1 aliphatic carbocycles. The Morgan fingerprint density at radius 3 is 2.76 bits per heavy atom. The summed E-state index contributed by atoms with van der Waals surface area (Å²) in [5.41, 5.74) is -0.0341. The molecule has 21 heavy (non-hydrogen) atoms. The molecule has 0 spiro atoms. The maximum Gasteiger partial charge on any atom is 0.311 e. The van der Waals surface area contributed by atoms with Crippen molar-refractivity contribution in [3.8, 4) is 5.75 Å². The fourth-order valence-corrected chi connectivity index (χ4v) is 2.76. The highest BCUT2D eigenvalue weighted by atomic mass is 16.6. The first-order valence-corrected chi connectivity index (χ1v) is 7.14. The van der Waals surface area contributed by atoms with Crippen molar-refractivity contribution in [3.63, 3.8) is 0 Å². The van der Waals surface area contributed by atoms with Gasteiger partial charge in [0, 0.05) is 11.6 Å². The van der Waals surface area contributed by atoms with Crippen molar-refractivity contribution < 1.29 is 19.6 Å². The lowest BCUT2D eigenvalue weighted by Gasteiger charge is -2.16. The van der Waals surface area contributed by atoms with Crippen LogP contribution < -0.4 is 4.74 Å². The highest BCUT2D eigenvalue weighted by Gasteiger charge is 2.21. The van der Waals surface area contributed by atoms with Gasteiger partial charge in [-0.05, 0) is 24.5 Å². The van der Waals surface area contributed by atoms with Crippen LogP contribution in [-0.4, -0.2) is 29.0 Å². The molecule has 1 N–H and O–H groups in total. The van der Waals surface area contributed by atoms with Crippen molar-refractivity contribution in [2.75, 3.05) is 6.61 Å². The Hall–Kier alpha value is -1.95. The first-order valence-electron chi connectivity index (χ1n) is 7.14. The molecule has 1 fully saturated rings. The van der Waals surface area contributed by atoms with Gasteiger partial charge in [0.2, 0.25) is 0 Å². The minimum atomic E-state index is -0.626. The van der Waals surface area contributed by atoms with E-state index in [4.69, 9.17) is 4.74 Å². The normalized spacial score (nSPS) is 16.6. The van der Waals surface area contributed by atoms with Gasteiger partial charge >= 0.3 is 5.69 Å². The van der Waals surface area contributed by atoms with Gasteiger partial charge in [0.15, 0.2) is 5.75 Å². The topological polar surface area (TPSA) is 89.7 Å². The van der Waals surface area contributed by atoms with Crippen molar-refractivity contribution >= 4 is 12.0 Å². The molecule has 1 aliphatic rings. The number of aliphatic hydroxyl groups excluding tert-OH is 1. The molecule has 1 aromatic carbocycles. The summed E-state index contributed by atoms with van der Waals surface area (Å²) in [5.74, 6) is 0.604. The molecule has 114 valence electrons. The molecule has 1 saturated carbocycles. The van der Waals surface area contributed by atoms with Gasteiger partial charge in [0.1, 0.15) is 12.9 Å². The number of carbonyl (C=O) groups is 1. The van der Waals surface area contributed by atoms with Crippen molar-refractivity contribution in [2.24, 2.45) is 5.92 Å². The smallest absolute Gasteiger partial charge is 0.311 e. The van der Waals surface area contributed by atoms with Crippen LogP contribution >= 0.6 is 0 Å². The van der Waals surface area contributed by atoms with Gasteiger partial charge in [0.25, 0.3) is 0 Å². The third-order valence-corrected chi connectivity index (χ3v) is 3.83. The van der Waals surface area contributed by atoms with Crippen LogP contribution in [0, 0.1) is 16.0 Å². The number of nitro groups is 1. The average Bonchev–Trinajstić information content (AvgIpc) is 2.97. The maximum atomic E-state index is 11.0. The van der Waals surface area contributed by atoms with E-state index in [-0.39, 0.29) is 23.6 Å². The highest BCUT2D eigenvalue weighted by Crippen LogP contribution is 2.30. The fraction of sp³-hybridized carbons (Fsp3) is 0.533. The maximum absolute atomic E-state index is 11.0. The molecule has 0 saturated heterocycles. The third kappa shape index (κ3) is 4.26. The number of aliphatic hydroxyl groups is 1. The predicted molar refractivity (Wildman–Crippen MR) is 76.6 cm³/mol. The monoisotopic (exact) mass is 293 g/mol. The standard InChI is InChI=1S/C15H19NO5/c17-9-12-5-6-15(14(8-12)16(19)20)21-10-13(18)7-11-3-1-2-4-11/h5-6,8-9,11,13,18H,1-4,7,10H2. The number of nitro benzene ring substituents is 1. The number of nitrogens with zero attached hydrogens (tertiary/aromatic N) is 1. The number of aldehydes is 1. The molecular formula is C15H19NO5. The van der Waals surface area contributed by atoms with Crippen LogP contribution in [0.3, 0.4) is 0 Å². The minimum absolute atomic E-state index is 0.0256. The van der Waals surface area contributed by atoms with E-state index in [9.17, 15) is 20.0 Å². The number of hydrogen-bond acceptors (Lipinski definition) is 5. The summed E-state index contributed by atoms with van der Waals surface area (Å²) in [7, 11) is 0. The van der Waals surface area contributed by atoms with E-state index < -0.39 is 11.0 Å². The van der Waals surface area contributed by atoms with Gasteiger partial charge < -0.3 is 9.84 Å². The van der Waals surface area contributed by atoms with Crippen LogP contribution in [-0.2, 0) is 0 Å². The Labute approximate surface area is 122 Å². The largest absolute Gasteiger partial charge is 0.484 e. The summed E-state index contributed by atoms with van der Waals surface area (Å²) in [4.78, 5) is 21.0. The van der Waals surface area contributed by atoms with Gasteiger partial charge in [-0.15, -0.1) is 0 Å². The first kappa shape index (κ1) is 15.4. The summed E-state index contributed by atoms with van der Waals surface area (Å²) >= 11 is 0. The Morgan fingerprint density at radius 2 is 2.14 bits per heavy atom. The lowest BCUT2D eigenvalue weighted by Crippen LogP contribution is -2.20.